The van der Waals surface area contributed by atoms with Gasteiger partial charge in [0.2, 0.25) is 0 Å². The number of aliphatic hydroxyl groups is 1. The van der Waals surface area contributed by atoms with Crippen LogP contribution in [0.3, 0.4) is 0 Å². The summed E-state index contributed by atoms with van der Waals surface area (Å²) in [6.07, 6.45) is 3.11. The summed E-state index contributed by atoms with van der Waals surface area (Å²) in [5.41, 5.74) is 0.538. The highest BCUT2D eigenvalue weighted by molar-refractivity contribution is 5.73. The molecule has 1 aromatic rings. The number of hydrogen-bond acceptors (Lipinski definition) is 4. The van der Waals surface area contributed by atoms with Crippen LogP contribution < -0.4 is 0 Å². The van der Waals surface area contributed by atoms with Crippen molar-refractivity contribution < 1.29 is 14.6 Å². The lowest BCUT2D eigenvalue weighted by atomic mass is 10.3. The summed E-state index contributed by atoms with van der Waals surface area (Å²) in [4.78, 5) is 15.0. The monoisotopic (exact) mass is 184 g/mol. The molecule has 0 saturated heterocycles. The van der Waals surface area contributed by atoms with E-state index in [9.17, 15) is 4.79 Å². The molecule has 0 spiro atoms. The first kappa shape index (κ1) is 9.73. The largest absolute Gasteiger partial charge is 0.467 e. The molecule has 1 atom stereocenters. The standard InChI is InChI=1S/C8H12N2O3/c1-6(8(12)13-2)10-3-7(4-11)9-5-10/h3,5-6,11H,4H2,1-2H3. The maximum Gasteiger partial charge on any atom is 0.328 e. The van der Waals surface area contributed by atoms with Gasteiger partial charge in [0.15, 0.2) is 0 Å². The minimum atomic E-state index is -0.405. The number of ether oxygens (including phenoxy) is 1. The van der Waals surface area contributed by atoms with Crippen LogP contribution in [0.15, 0.2) is 12.5 Å². The van der Waals surface area contributed by atoms with Crippen LogP contribution >= 0.6 is 0 Å². The number of hydrogen-bond donors (Lipinski definition) is 1. The molecule has 1 unspecified atom stereocenters. The summed E-state index contributed by atoms with van der Waals surface area (Å²) in [6.45, 7) is 1.58. The second-order valence-electron chi connectivity index (χ2n) is 2.67. The van der Waals surface area contributed by atoms with Crippen molar-refractivity contribution in [1.29, 1.82) is 0 Å². The molecule has 0 aromatic carbocycles. The van der Waals surface area contributed by atoms with Crippen LogP contribution in [0, 0.1) is 0 Å². The summed E-state index contributed by atoms with van der Waals surface area (Å²) in [5.74, 6) is -0.332. The van der Waals surface area contributed by atoms with E-state index < -0.39 is 6.04 Å². The normalized spacial score (nSPS) is 12.5. The first-order valence-electron chi connectivity index (χ1n) is 3.90. The first-order valence-corrected chi connectivity index (χ1v) is 3.90. The molecule has 1 rings (SSSR count). The molecule has 0 aliphatic rings. The van der Waals surface area contributed by atoms with E-state index in [0.717, 1.165) is 0 Å². The average molecular weight is 184 g/mol. The van der Waals surface area contributed by atoms with Gasteiger partial charge in [-0.15, -0.1) is 0 Å². The second kappa shape index (κ2) is 4.04. The third-order valence-electron chi connectivity index (χ3n) is 1.81. The molecule has 1 aromatic heterocycles. The first-order chi connectivity index (χ1) is 6.19. The van der Waals surface area contributed by atoms with Crippen LogP contribution in [0.25, 0.3) is 0 Å². The van der Waals surface area contributed by atoms with Crippen LogP contribution in [0.4, 0.5) is 0 Å². The van der Waals surface area contributed by atoms with Crippen molar-refractivity contribution >= 4 is 5.97 Å². The average Bonchev–Trinajstić information content (AvgIpc) is 2.63. The number of aliphatic hydroxyl groups excluding tert-OH is 1. The smallest absolute Gasteiger partial charge is 0.328 e. The van der Waals surface area contributed by atoms with Crippen molar-refractivity contribution in [3.8, 4) is 0 Å². The maximum absolute atomic E-state index is 11.1. The lowest BCUT2D eigenvalue weighted by Crippen LogP contribution is -2.16. The SMILES string of the molecule is COC(=O)C(C)n1cnc(CO)c1. The van der Waals surface area contributed by atoms with Gasteiger partial charge in [0.25, 0.3) is 0 Å². The summed E-state index contributed by atoms with van der Waals surface area (Å²) in [6, 6.07) is -0.405. The molecule has 0 aliphatic carbocycles. The third-order valence-corrected chi connectivity index (χ3v) is 1.81. The van der Waals surface area contributed by atoms with E-state index in [1.165, 1.54) is 13.4 Å². The lowest BCUT2D eigenvalue weighted by Gasteiger charge is -2.09. The summed E-state index contributed by atoms with van der Waals surface area (Å²) >= 11 is 0. The summed E-state index contributed by atoms with van der Waals surface area (Å²) in [5, 5.41) is 8.74. The number of imidazole rings is 1. The van der Waals surface area contributed by atoms with Gasteiger partial charge in [-0.05, 0) is 6.92 Å². The molecule has 5 heteroatoms. The van der Waals surface area contributed by atoms with E-state index in [4.69, 9.17) is 5.11 Å². The molecule has 1 heterocycles. The van der Waals surface area contributed by atoms with Gasteiger partial charge in [0, 0.05) is 6.20 Å². The summed E-state index contributed by atoms with van der Waals surface area (Å²) in [7, 11) is 1.34. The Balaban J connectivity index is 2.76. The number of aromatic nitrogens is 2. The van der Waals surface area contributed by atoms with E-state index in [-0.39, 0.29) is 12.6 Å². The highest BCUT2D eigenvalue weighted by atomic mass is 16.5. The number of methoxy groups -OCH3 is 1. The van der Waals surface area contributed by atoms with E-state index in [1.54, 1.807) is 17.7 Å². The number of carbonyl (C=O) groups excluding carboxylic acids is 1. The molecule has 72 valence electrons. The minimum absolute atomic E-state index is 0.124. The van der Waals surface area contributed by atoms with Gasteiger partial charge in [0.1, 0.15) is 6.04 Å². The quantitative estimate of drug-likeness (QED) is 0.677. The van der Waals surface area contributed by atoms with Crippen LogP contribution in [0.1, 0.15) is 18.7 Å². The minimum Gasteiger partial charge on any atom is -0.467 e. The van der Waals surface area contributed by atoms with Crippen LogP contribution in [0.5, 0.6) is 0 Å². The molecule has 0 bridgehead atoms. The molecule has 0 amide bonds. The van der Waals surface area contributed by atoms with Crippen LogP contribution in [-0.2, 0) is 16.1 Å². The van der Waals surface area contributed by atoms with Gasteiger partial charge in [-0.1, -0.05) is 0 Å². The Labute approximate surface area is 76.0 Å². The zero-order valence-electron chi connectivity index (χ0n) is 7.60. The molecule has 1 N–H and O–H groups in total. The molecule has 0 radical (unpaired) electrons. The molecular formula is C8H12N2O3. The Kier molecular flexibility index (Phi) is 3.02. The van der Waals surface area contributed by atoms with Gasteiger partial charge >= 0.3 is 5.97 Å². The number of nitrogens with zero attached hydrogens (tertiary/aromatic N) is 2. The Morgan fingerprint density at radius 1 is 1.85 bits per heavy atom. The Morgan fingerprint density at radius 2 is 2.54 bits per heavy atom. The second-order valence-corrected chi connectivity index (χ2v) is 2.67. The van der Waals surface area contributed by atoms with Crippen molar-refractivity contribution in [2.45, 2.75) is 19.6 Å². The van der Waals surface area contributed by atoms with Crippen molar-refractivity contribution in [3.05, 3.63) is 18.2 Å². The number of carbonyl (C=O) groups is 1. The Morgan fingerprint density at radius 3 is 3.00 bits per heavy atom. The van der Waals surface area contributed by atoms with Gasteiger partial charge in [0.05, 0.1) is 25.7 Å². The zero-order chi connectivity index (χ0) is 9.84. The van der Waals surface area contributed by atoms with Gasteiger partial charge in [-0.2, -0.15) is 0 Å². The molecule has 0 fully saturated rings. The fourth-order valence-corrected chi connectivity index (χ4v) is 0.965. The topological polar surface area (TPSA) is 64.4 Å². The predicted octanol–water partition coefficient (Wildman–Crippen LogP) is 0.109. The molecule has 0 aliphatic heterocycles. The van der Waals surface area contributed by atoms with Gasteiger partial charge in [-0.3, -0.25) is 0 Å². The van der Waals surface area contributed by atoms with Crippen molar-refractivity contribution in [2.24, 2.45) is 0 Å². The number of esters is 1. The molecule has 5 nitrogen and oxygen atoms in total. The van der Waals surface area contributed by atoms with E-state index in [1.807, 2.05) is 0 Å². The molecular weight excluding hydrogens is 172 g/mol. The van der Waals surface area contributed by atoms with Crippen molar-refractivity contribution in [1.82, 2.24) is 9.55 Å². The fraction of sp³-hybridized carbons (Fsp3) is 0.500. The van der Waals surface area contributed by atoms with Crippen LogP contribution in [-0.4, -0.2) is 27.7 Å². The zero-order valence-corrected chi connectivity index (χ0v) is 7.60. The highest BCUT2D eigenvalue weighted by Crippen LogP contribution is 2.08. The van der Waals surface area contributed by atoms with Gasteiger partial charge < -0.3 is 14.4 Å². The lowest BCUT2D eigenvalue weighted by molar-refractivity contribution is -0.144. The Hall–Kier alpha value is -1.36. The van der Waals surface area contributed by atoms with Gasteiger partial charge in [-0.25, -0.2) is 9.78 Å². The van der Waals surface area contributed by atoms with E-state index in [2.05, 4.69) is 9.72 Å². The van der Waals surface area contributed by atoms with E-state index in [0.29, 0.717) is 5.69 Å². The maximum atomic E-state index is 11.1. The number of rotatable bonds is 3. The summed E-state index contributed by atoms with van der Waals surface area (Å²) < 4.78 is 6.15. The van der Waals surface area contributed by atoms with E-state index >= 15 is 0 Å². The molecule has 0 saturated carbocycles. The Bertz CT molecular complexity index is 295. The fourth-order valence-electron chi connectivity index (χ4n) is 0.965. The molecule has 13 heavy (non-hydrogen) atoms. The van der Waals surface area contributed by atoms with Crippen molar-refractivity contribution in [3.63, 3.8) is 0 Å². The highest BCUT2D eigenvalue weighted by Gasteiger charge is 2.14. The predicted molar refractivity (Wildman–Crippen MR) is 44.9 cm³/mol. The van der Waals surface area contributed by atoms with Crippen LogP contribution in [0.2, 0.25) is 0 Å². The van der Waals surface area contributed by atoms with Crippen molar-refractivity contribution in [2.75, 3.05) is 7.11 Å². The third kappa shape index (κ3) is 2.06.